The Morgan fingerprint density at radius 2 is 2.16 bits per heavy atom. The predicted molar refractivity (Wildman–Crippen MR) is 93.0 cm³/mol. The van der Waals surface area contributed by atoms with Gasteiger partial charge in [-0.25, -0.2) is 4.99 Å². The van der Waals surface area contributed by atoms with E-state index in [1.165, 1.54) is 0 Å². The van der Waals surface area contributed by atoms with Crippen molar-refractivity contribution in [1.82, 2.24) is 15.5 Å². The van der Waals surface area contributed by atoms with Gasteiger partial charge in [0, 0.05) is 31.7 Å². The zero-order valence-corrected chi connectivity index (χ0v) is 14.8. The summed E-state index contributed by atoms with van der Waals surface area (Å²) < 4.78 is 0. The summed E-state index contributed by atoms with van der Waals surface area (Å²) in [4.78, 5) is 6.83. The van der Waals surface area contributed by atoms with Crippen molar-refractivity contribution in [2.24, 2.45) is 10.9 Å². The first-order valence-corrected chi connectivity index (χ1v) is 6.80. The summed E-state index contributed by atoms with van der Waals surface area (Å²) in [5.41, 5.74) is 0. The summed E-state index contributed by atoms with van der Waals surface area (Å²) in [6.07, 6.45) is 5.25. The second-order valence-electron chi connectivity index (χ2n) is 5.18. The van der Waals surface area contributed by atoms with E-state index in [1.54, 1.807) is 0 Å². The molecule has 2 atom stereocenters. The van der Waals surface area contributed by atoms with Crippen molar-refractivity contribution in [2.45, 2.75) is 39.8 Å². The fourth-order valence-electron chi connectivity index (χ4n) is 2.23. The van der Waals surface area contributed by atoms with Crippen LogP contribution in [-0.2, 0) is 0 Å². The quantitative estimate of drug-likeness (QED) is 0.337. The molecule has 0 bridgehead atoms. The molecule has 5 heteroatoms. The number of nitrogens with one attached hydrogen (secondary N) is 2. The van der Waals surface area contributed by atoms with Gasteiger partial charge in [0.2, 0.25) is 0 Å². The summed E-state index contributed by atoms with van der Waals surface area (Å²) >= 11 is 0. The van der Waals surface area contributed by atoms with Gasteiger partial charge in [-0.2, -0.15) is 0 Å². The van der Waals surface area contributed by atoms with Crippen LogP contribution >= 0.6 is 24.0 Å². The van der Waals surface area contributed by atoms with E-state index in [2.05, 4.69) is 54.1 Å². The first-order chi connectivity index (χ1) is 8.58. The summed E-state index contributed by atoms with van der Waals surface area (Å²) in [6, 6.07) is 1.05. The third-order valence-corrected chi connectivity index (χ3v) is 3.37. The first kappa shape index (κ1) is 18.5. The molecular weight excluding hydrogens is 351 g/mol. The van der Waals surface area contributed by atoms with E-state index < -0.39 is 0 Å². The number of rotatable bonds is 4. The third-order valence-electron chi connectivity index (χ3n) is 3.37. The molecule has 1 saturated heterocycles. The van der Waals surface area contributed by atoms with E-state index in [0.717, 1.165) is 25.6 Å². The standard InChI is InChI=1S/C14H26N4.HI/c1-6-8-16-14(15-7-2)17-13-10-18(11(3)4)9-12(13)5;/h1,11-13H,7-10H2,2-5H3,(H2,15,16,17);1H. The average molecular weight is 378 g/mol. The van der Waals surface area contributed by atoms with Crippen LogP contribution in [0.3, 0.4) is 0 Å². The molecule has 110 valence electrons. The molecule has 0 amide bonds. The lowest BCUT2D eigenvalue weighted by molar-refractivity contribution is 0.265. The van der Waals surface area contributed by atoms with Gasteiger partial charge in [-0.05, 0) is 26.7 Å². The van der Waals surface area contributed by atoms with Gasteiger partial charge in [0.15, 0.2) is 5.96 Å². The highest BCUT2D eigenvalue weighted by Gasteiger charge is 2.31. The molecule has 0 radical (unpaired) electrons. The van der Waals surface area contributed by atoms with Crippen LogP contribution in [0, 0.1) is 18.3 Å². The monoisotopic (exact) mass is 378 g/mol. The SMILES string of the molecule is C#CCN=C(NCC)NC1CN(C(C)C)CC1C.I. The number of likely N-dealkylation sites (tertiary alicyclic amines) is 1. The molecule has 0 aliphatic carbocycles. The van der Waals surface area contributed by atoms with E-state index in [9.17, 15) is 0 Å². The van der Waals surface area contributed by atoms with Crippen molar-refractivity contribution in [3.63, 3.8) is 0 Å². The molecule has 1 heterocycles. The number of nitrogens with zero attached hydrogens (tertiary/aromatic N) is 2. The molecule has 2 unspecified atom stereocenters. The summed E-state index contributed by atoms with van der Waals surface area (Å²) in [5, 5.41) is 6.72. The van der Waals surface area contributed by atoms with Gasteiger partial charge in [0.05, 0.1) is 0 Å². The maximum Gasteiger partial charge on any atom is 0.192 e. The molecule has 0 aromatic carbocycles. The molecule has 1 rings (SSSR count). The van der Waals surface area contributed by atoms with E-state index in [0.29, 0.717) is 24.5 Å². The fraction of sp³-hybridized carbons (Fsp3) is 0.786. The van der Waals surface area contributed by atoms with Gasteiger partial charge in [-0.1, -0.05) is 12.8 Å². The maximum absolute atomic E-state index is 5.25. The lowest BCUT2D eigenvalue weighted by Gasteiger charge is -2.21. The molecule has 0 aromatic heterocycles. The van der Waals surface area contributed by atoms with Crippen LogP contribution in [-0.4, -0.2) is 49.1 Å². The van der Waals surface area contributed by atoms with E-state index >= 15 is 0 Å². The van der Waals surface area contributed by atoms with Crippen LogP contribution in [0.25, 0.3) is 0 Å². The smallest absolute Gasteiger partial charge is 0.192 e. The number of terminal acetylenes is 1. The Labute approximate surface area is 134 Å². The number of guanidine groups is 1. The minimum Gasteiger partial charge on any atom is -0.357 e. The van der Waals surface area contributed by atoms with Gasteiger partial charge in [-0.15, -0.1) is 30.4 Å². The van der Waals surface area contributed by atoms with Crippen LogP contribution in [0.5, 0.6) is 0 Å². The van der Waals surface area contributed by atoms with Gasteiger partial charge in [0.25, 0.3) is 0 Å². The molecular formula is C14H27IN4. The zero-order chi connectivity index (χ0) is 13.5. The molecule has 19 heavy (non-hydrogen) atoms. The Morgan fingerprint density at radius 3 is 2.63 bits per heavy atom. The number of hydrogen-bond donors (Lipinski definition) is 2. The molecule has 0 aromatic rings. The Kier molecular flexibility index (Phi) is 9.19. The largest absolute Gasteiger partial charge is 0.357 e. The Morgan fingerprint density at radius 1 is 1.47 bits per heavy atom. The topological polar surface area (TPSA) is 39.7 Å². The van der Waals surface area contributed by atoms with Crippen molar-refractivity contribution in [3.05, 3.63) is 0 Å². The van der Waals surface area contributed by atoms with Crippen LogP contribution in [0.15, 0.2) is 4.99 Å². The van der Waals surface area contributed by atoms with Crippen molar-refractivity contribution in [3.8, 4) is 12.3 Å². The highest BCUT2D eigenvalue weighted by Crippen LogP contribution is 2.18. The van der Waals surface area contributed by atoms with Crippen molar-refractivity contribution in [1.29, 1.82) is 0 Å². The predicted octanol–water partition coefficient (Wildman–Crippen LogP) is 1.52. The van der Waals surface area contributed by atoms with Crippen molar-refractivity contribution < 1.29 is 0 Å². The van der Waals surface area contributed by atoms with Crippen molar-refractivity contribution in [2.75, 3.05) is 26.2 Å². The lowest BCUT2D eigenvalue weighted by Crippen LogP contribution is -2.46. The summed E-state index contributed by atoms with van der Waals surface area (Å²) in [5.74, 6) is 4.00. The molecule has 2 N–H and O–H groups in total. The van der Waals surface area contributed by atoms with E-state index in [-0.39, 0.29) is 24.0 Å². The highest BCUT2D eigenvalue weighted by atomic mass is 127. The fourth-order valence-corrected chi connectivity index (χ4v) is 2.23. The van der Waals surface area contributed by atoms with E-state index in [1.807, 2.05) is 0 Å². The Balaban J connectivity index is 0.00000324. The van der Waals surface area contributed by atoms with Crippen LogP contribution in [0.1, 0.15) is 27.7 Å². The van der Waals surface area contributed by atoms with Gasteiger partial charge >= 0.3 is 0 Å². The minimum absolute atomic E-state index is 0. The maximum atomic E-state index is 5.25. The number of halogens is 1. The highest BCUT2D eigenvalue weighted by molar-refractivity contribution is 14.0. The van der Waals surface area contributed by atoms with Crippen LogP contribution < -0.4 is 10.6 Å². The van der Waals surface area contributed by atoms with E-state index in [4.69, 9.17) is 6.42 Å². The molecule has 0 saturated carbocycles. The van der Waals surface area contributed by atoms with Gasteiger partial charge in [-0.3, -0.25) is 4.90 Å². The number of aliphatic imine (C=N–C) groups is 1. The first-order valence-electron chi connectivity index (χ1n) is 6.80. The second-order valence-corrected chi connectivity index (χ2v) is 5.18. The summed E-state index contributed by atoms with van der Waals surface area (Å²) in [6.45, 7) is 12.3. The molecule has 1 aliphatic heterocycles. The lowest BCUT2D eigenvalue weighted by atomic mass is 10.1. The molecule has 1 aliphatic rings. The average Bonchev–Trinajstić information content (AvgIpc) is 2.68. The number of hydrogen-bond acceptors (Lipinski definition) is 2. The molecule has 4 nitrogen and oxygen atoms in total. The van der Waals surface area contributed by atoms with Crippen LogP contribution in [0.2, 0.25) is 0 Å². The second kappa shape index (κ2) is 9.43. The normalized spacial score (nSPS) is 23.9. The van der Waals surface area contributed by atoms with Crippen molar-refractivity contribution >= 4 is 29.9 Å². The van der Waals surface area contributed by atoms with Gasteiger partial charge < -0.3 is 10.6 Å². The minimum atomic E-state index is 0. The third kappa shape index (κ3) is 6.00. The summed E-state index contributed by atoms with van der Waals surface area (Å²) in [7, 11) is 0. The molecule has 1 fully saturated rings. The Bertz CT molecular complexity index is 322. The molecule has 0 spiro atoms. The zero-order valence-electron chi connectivity index (χ0n) is 12.4. The Hall–Kier alpha value is -0.480. The van der Waals surface area contributed by atoms with Gasteiger partial charge in [0.1, 0.15) is 6.54 Å². The van der Waals surface area contributed by atoms with Crippen LogP contribution in [0.4, 0.5) is 0 Å².